The first-order valence-electron chi connectivity index (χ1n) is 8.98. The number of rotatable bonds is 6. The Morgan fingerprint density at radius 3 is 2.75 bits per heavy atom. The molecule has 2 aromatic carbocycles. The molecule has 0 atom stereocenters. The van der Waals surface area contributed by atoms with E-state index in [4.69, 9.17) is 16.3 Å². The number of ether oxygens (including phenoxy) is 1. The molecule has 0 saturated heterocycles. The van der Waals surface area contributed by atoms with Gasteiger partial charge in [0.25, 0.3) is 0 Å². The molecular formula is C22H18ClN3O2. The number of benzene rings is 2. The van der Waals surface area contributed by atoms with E-state index in [1.54, 1.807) is 12.4 Å². The van der Waals surface area contributed by atoms with E-state index in [0.717, 1.165) is 29.1 Å². The molecule has 0 radical (unpaired) electrons. The number of nitrogens with zero attached hydrogens (tertiary/aromatic N) is 2. The van der Waals surface area contributed by atoms with E-state index in [1.165, 1.54) is 0 Å². The molecule has 1 aromatic heterocycles. The van der Waals surface area contributed by atoms with Gasteiger partial charge >= 0.3 is 0 Å². The number of pyridine rings is 1. The van der Waals surface area contributed by atoms with E-state index in [0.29, 0.717) is 29.4 Å². The highest BCUT2D eigenvalue weighted by atomic mass is 35.5. The van der Waals surface area contributed by atoms with Gasteiger partial charge in [-0.05, 0) is 66.6 Å². The van der Waals surface area contributed by atoms with Crippen LogP contribution in [0.4, 0.5) is 11.4 Å². The maximum absolute atomic E-state index is 12.2. The number of anilines is 1. The molecule has 2 heterocycles. The number of fused-ring (bicyclic) bond motifs is 1. The predicted molar refractivity (Wildman–Crippen MR) is 111 cm³/mol. The van der Waals surface area contributed by atoms with Crippen molar-refractivity contribution < 1.29 is 9.53 Å². The molecular weight excluding hydrogens is 374 g/mol. The fraction of sp³-hybridized carbons (Fsp3) is 0.136. The van der Waals surface area contributed by atoms with Crippen LogP contribution in [0.3, 0.4) is 0 Å². The first-order valence-corrected chi connectivity index (χ1v) is 9.36. The number of hydrogen-bond donors (Lipinski definition) is 1. The molecule has 5 nitrogen and oxygen atoms in total. The minimum absolute atomic E-state index is 0.0439. The number of carbonyl (C=O) groups excluding carboxylic acids is 1. The van der Waals surface area contributed by atoms with Crippen molar-refractivity contribution >= 4 is 34.6 Å². The van der Waals surface area contributed by atoms with Crippen LogP contribution in [0, 0.1) is 0 Å². The zero-order chi connectivity index (χ0) is 19.3. The van der Waals surface area contributed by atoms with Crippen molar-refractivity contribution in [1.82, 2.24) is 4.98 Å². The Labute approximate surface area is 168 Å². The van der Waals surface area contributed by atoms with Gasteiger partial charge < -0.3 is 10.1 Å². The highest BCUT2D eigenvalue weighted by Crippen LogP contribution is 2.30. The summed E-state index contributed by atoms with van der Waals surface area (Å²) in [5, 5.41) is 3.62. The highest BCUT2D eigenvalue weighted by Gasteiger charge is 2.15. The fourth-order valence-corrected chi connectivity index (χ4v) is 3.20. The van der Waals surface area contributed by atoms with E-state index < -0.39 is 0 Å². The molecule has 0 aliphatic carbocycles. The minimum atomic E-state index is -0.0439. The average Bonchev–Trinajstić information content (AvgIpc) is 3.11. The van der Waals surface area contributed by atoms with Crippen LogP contribution in [-0.2, 0) is 11.2 Å². The van der Waals surface area contributed by atoms with Crippen LogP contribution in [0.2, 0.25) is 5.02 Å². The molecule has 0 spiro atoms. The standard InChI is InChI=1S/C22H18ClN3O2/c23-16-3-9-21-15(12-16)13-18(25-21)6-10-22(27)26-17-4-7-19(8-5-17)28-20-2-1-11-24-14-20/h1-5,7-9,11-12,14H,6,10,13H2,(H,26,27). The van der Waals surface area contributed by atoms with Crippen LogP contribution in [0.5, 0.6) is 11.5 Å². The van der Waals surface area contributed by atoms with Gasteiger partial charge in [0.1, 0.15) is 11.5 Å². The lowest BCUT2D eigenvalue weighted by atomic mass is 10.1. The second kappa shape index (κ2) is 8.23. The third-order valence-electron chi connectivity index (χ3n) is 4.36. The van der Waals surface area contributed by atoms with Gasteiger partial charge in [-0.1, -0.05) is 11.6 Å². The highest BCUT2D eigenvalue weighted by molar-refractivity contribution is 6.30. The van der Waals surface area contributed by atoms with Crippen LogP contribution < -0.4 is 10.1 Å². The predicted octanol–water partition coefficient (Wildman–Crippen LogP) is 5.57. The molecule has 0 unspecified atom stereocenters. The van der Waals surface area contributed by atoms with Gasteiger partial charge in [0, 0.05) is 35.5 Å². The lowest BCUT2D eigenvalue weighted by Gasteiger charge is -2.08. The summed E-state index contributed by atoms with van der Waals surface area (Å²) in [6, 6.07) is 16.6. The zero-order valence-corrected chi connectivity index (χ0v) is 15.8. The van der Waals surface area contributed by atoms with Crippen molar-refractivity contribution in [1.29, 1.82) is 0 Å². The first-order chi connectivity index (χ1) is 13.7. The van der Waals surface area contributed by atoms with E-state index in [1.807, 2.05) is 54.6 Å². The monoisotopic (exact) mass is 391 g/mol. The Kier molecular flexibility index (Phi) is 5.35. The SMILES string of the molecule is O=C(CCC1=Nc2ccc(Cl)cc2C1)Nc1ccc(Oc2cccnc2)cc1. The Morgan fingerprint density at radius 1 is 1.11 bits per heavy atom. The Balaban J connectivity index is 1.27. The van der Waals surface area contributed by atoms with E-state index in [9.17, 15) is 4.79 Å². The summed E-state index contributed by atoms with van der Waals surface area (Å²) in [5.41, 5.74) is 3.80. The molecule has 0 bridgehead atoms. The third-order valence-corrected chi connectivity index (χ3v) is 4.60. The normalized spacial score (nSPS) is 12.2. The summed E-state index contributed by atoms with van der Waals surface area (Å²) in [6.07, 6.45) is 5.10. The first kappa shape index (κ1) is 18.2. The molecule has 4 rings (SSSR count). The molecule has 1 aliphatic rings. The van der Waals surface area contributed by atoms with Crippen LogP contribution in [0.15, 0.2) is 72.0 Å². The minimum Gasteiger partial charge on any atom is -0.456 e. The molecule has 140 valence electrons. The summed E-state index contributed by atoms with van der Waals surface area (Å²) in [6.45, 7) is 0. The van der Waals surface area contributed by atoms with Gasteiger partial charge in [-0.2, -0.15) is 0 Å². The van der Waals surface area contributed by atoms with Gasteiger partial charge in [-0.15, -0.1) is 0 Å². The molecule has 1 aliphatic heterocycles. The van der Waals surface area contributed by atoms with Crippen LogP contribution in [-0.4, -0.2) is 16.6 Å². The number of amides is 1. The van der Waals surface area contributed by atoms with Crippen molar-refractivity contribution in [2.24, 2.45) is 4.99 Å². The smallest absolute Gasteiger partial charge is 0.224 e. The molecule has 3 aromatic rings. The van der Waals surface area contributed by atoms with Crippen molar-refractivity contribution in [3.8, 4) is 11.5 Å². The lowest BCUT2D eigenvalue weighted by Crippen LogP contribution is -2.13. The maximum Gasteiger partial charge on any atom is 0.224 e. The quantitative estimate of drug-likeness (QED) is 0.597. The molecule has 0 fully saturated rings. The summed E-state index contributed by atoms with van der Waals surface area (Å²) in [4.78, 5) is 20.8. The Bertz CT molecular complexity index is 1020. The van der Waals surface area contributed by atoms with Gasteiger partial charge in [-0.25, -0.2) is 0 Å². The number of hydrogen-bond acceptors (Lipinski definition) is 4. The summed E-state index contributed by atoms with van der Waals surface area (Å²) in [7, 11) is 0. The average molecular weight is 392 g/mol. The molecule has 28 heavy (non-hydrogen) atoms. The van der Waals surface area contributed by atoms with E-state index in [2.05, 4.69) is 15.3 Å². The zero-order valence-electron chi connectivity index (χ0n) is 15.1. The molecule has 1 N–H and O–H groups in total. The van der Waals surface area contributed by atoms with Gasteiger partial charge in [0.05, 0.1) is 11.9 Å². The van der Waals surface area contributed by atoms with Gasteiger partial charge in [-0.3, -0.25) is 14.8 Å². The van der Waals surface area contributed by atoms with Crippen LogP contribution in [0.1, 0.15) is 18.4 Å². The summed E-state index contributed by atoms with van der Waals surface area (Å²) >= 11 is 6.02. The van der Waals surface area contributed by atoms with E-state index in [-0.39, 0.29) is 5.91 Å². The van der Waals surface area contributed by atoms with Crippen molar-refractivity contribution in [2.75, 3.05) is 5.32 Å². The number of halogens is 1. The number of aliphatic imine (C=N–C) groups is 1. The van der Waals surface area contributed by atoms with Crippen LogP contribution in [0.25, 0.3) is 0 Å². The maximum atomic E-state index is 12.2. The number of nitrogens with one attached hydrogen (secondary N) is 1. The molecule has 1 amide bonds. The number of aromatic nitrogens is 1. The summed E-state index contributed by atoms with van der Waals surface area (Å²) < 4.78 is 5.69. The third kappa shape index (κ3) is 4.56. The number of carbonyl (C=O) groups is 1. The van der Waals surface area contributed by atoms with Crippen molar-refractivity contribution in [3.05, 3.63) is 77.6 Å². The van der Waals surface area contributed by atoms with Crippen LogP contribution >= 0.6 is 11.6 Å². The summed E-state index contributed by atoms with van der Waals surface area (Å²) in [5.74, 6) is 1.30. The second-order valence-electron chi connectivity index (χ2n) is 6.49. The van der Waals surface area contributed by atoms with Gasteiger partial charge in [0.2, 0.25) is 5.91 Å². The Morgan fingerprint density at radius 2 is 1.96 bits per heavy atom. The molecule has 6 heteroatoms. The largest absolute Gasteiger partial charge is 0.456 e. The topological polar surface area (TPSA) is 63.6 Å². The van der Waals surface area contributed by atoms with Crippen molar-refractivity contribution in [3.63, 3.8) is 0 Å². The lowest BCUT2D eigenvalue weighted by molar-refractivity contribution is -0.116. The van der Waals surface area contributed by atoms with E-state index >= 15 is 0 Å². The second-order valence-corrected chi connectivity index (χ2v) is 6.93. The van der Waals surface area contributed by atoms with Crippen molar-refractivity contribution in [2.45, 2.75) is 19.3 Å². The van der Waals surface area contributed by atoms with Gasteiger partial charge in [0.15, 0.2) is 0 Å². The molecule has 0 saturated carbocycles. The fourth-order valence-electron chi connectivity index (χ4n) is 3.01. The Hall–Kier alpha value is -3.18.